The van der Waals surface area contributed by atoms with Crippen LogP contribution in [0.2, 0.25) is 0 Å². The minimum atomic E-state index is -1.17. The number of benzene rings is 1. The number of carboxylic acid groups (broad SMARTS) is 1. The summed E-state index contributed by atoms with van der Waals surface area (Å²) in [5.41, 5.74) is -0.220. The van der Waals surface area contributed by atoms with Gasteiger partial charge in [-0.25, -0.2) is 13.9 Å². The van der Waals surface area contributed by atoms with Crippen molar-refractivity contribution in [3.63, 3.8) is 0 Å². The average Bonchev–Trinajstić information content (AvgIpc) is 2.88. The molecule has 20 heavy (non-hydrogen) atoms. The van der Waals surface area contributed by atoms with Crippen molar-refractivity contribution in [1.29, 1.82) is 0 Å². The Morgan fingerprint density at radius 2 is 2.10 bits per heavy atom. The molecule has 0 fully saturated rings. The third kappa shape index (κ3) is 3.16. The zero-order valence-electron chi connectivity index (χ0n) is 10.3. The first kappa shape index (κ1) is 13.7. The number of aromatic carboxylic acids is 1. The Labute approximate surface area is 113 Å². The van der Waals surface area contributed by atoms with Crippen molar-refractivity contribution < 1.29 is 19.1 Å². The molecule has 2 N–H and O–H groups in total. The number of nitrogens with one attached hydrogen (secondary N) is 1. The van der Waals surface area contributed by atoms with Gasteiger partial charge in [0, 0.05) is 6.54 Å². The molecule has 2 aromatic rings. The molecule has 0 aliphatic carbocycles. The van der Waals surface area contributed by atoms with Gasteiger partial charge < -0.3 is 10.4 Å². The summed E-state index contributed by atoms with van der Waals surface area (Å²) < 4.78 is 14.6. The standard InChI is InChI=1S/C12H11FN4O3/c13-9-4-2-1-3-8(9)11(18)14-5-6-17-7-10(12(19)20)15-16-17/h1-4,7H,5-6H2,(H,14,18)(H,19,20). The quantitative estimate of drug-likeness (QED) is 0.832. The van der Waals surface area contributed by atoms with Gasteiger partial charge in [0.15, 0.2) is 5.69 Å². The number of aromatic nitrogens is 3. The minimum Gasteiger partial charge on any atom is -0.476 e. The first-order valence-electron chi connectivity index (χ1n) is 5.74. The number of nitrogens with zero attached hydrogens (tertiary/aromatic N) is 3. The van der Waals surface area contributed by atoms with Crippen molar-refractivity contribution in [2.45, 2.75) is 6.54 Å². The molecule has 2 rings (SSSR count). The first-order chi connectivity index (χ1) is 9.58. The summed E-state index contributed by atoms with van der Waals surface area (Å²) in [7, 11) is 0. The maximum Gasteiger partial charge on any atom is 0.358 e. The topological polar surface area (TPSA) is 97.1 Å². The zero-order chi connectivity index (χ0) is 14.5. The summed E-state index contributed by atoms with van der Waals surface area (Å²) >= 11 is 0. The van der Waals surface area contributed by atoms with Gasteiger partial charge in [0.05, 0.1) is 18.3 Å². The molecule has 0 atom stereocenters. The van der Waals surface area contributed by atoms with Gasteiger partial charge in [-0.2, -0.15) is 0 Å². The fraction of sp³-hybridized carbons (Fsp3) is 0.167. The number of carboxylic acids is 1. The van der Waals surface area contributed by atoms with Crippen LogP contribution in [-0.2, 0) is 6.54 Å². The van der Waals surface area contributed by atoms with E-state index in [-0.39, 0.29) is 24.3 Å². The van der Waals surface area contributed by atoms with E-state index in [0.717, 1.165) is 0 Å². The normalized spacial score (nSPS) is 10.2. The van der Waals surface area contributed by atoms with Gasteiger partial charge >= 0.3 is 5.97 Å². The van der Waals surface area contributed by atoms with E-state index in [2.05, 4.69) is 15.6 Å². The lowest BCUT2D eigenvalue weighted by molar-refractivity contribution is 0.0690. The van der Waals surface area contributed by atoms with Gasteiger partial charge in [0.1, 0.15) is 5.82 Å². The van der Waals surface area contributed by atoms with Crippen LogP contribution in [0, 0.1) is 5.82 Å². The molecule has 1 aromatic heterocycles. The van der Waals surface area contributed by atoms with Crippen LogP contribution in [0.5, 0.6) is 0 Å². The van der Waals surface area contributed by atoms with Crippen molar-refractivity contribution in [3.05, 3.63) is 47.5 Å². The predicted molar refractivity (Wildman–Crippen MR) is 65.7 cm³/mol. The second-order valence-corrected chi connectivity index (χ2v) is 3.91. The summed E-state index contributed by atoms with van der Waals surface area (Å²) in [6, 6.07) is 5.64. The summed E-state index contributed by atoms with van der Waals surface area (Å²) in [6.45, 7) is 0.413. The molecule has 104 valence electrons. The molecular formula is C12H11FN4O3. The number of rotatable bonds is 5. The van der Waals surface area contributed by atoms with Crippen LogP contribution in [-0.4, -0.2) is 38.5 Å². The molecule has 0 aliphatic rings. The highest BCUT2D eigenvalue weighted by molar-refractivity contribution is 5.94. The molecule has 1 heterocycles. The van der Waals surface area contributed by atoms with Crippen molar-refractivity contribution in [3.8, 4) is 0 Å². The molecular weight excluding hydrogens is 267 g/mol. The molecule has 1 aromatic carbocycles. The van der Waals surface area contributed by atoms with Gasteiger partial charge in [0.25, 0.3) is 5.91 Å². The maximum atomic E-state index is 13.3. The van der Waals surface area contributed by atoms with Gasteiger partial charge in [0.2, 0.25) is 0 Å². The van der Waals surface area contributed by atoms with E-state index in [1.54, 1.807) is 6.07 Å². The summed E-state index contributed by atoms with van der Waals surface area (Å²) in [4.78, 5) is 22.3. The monoisotopic (exact) mass is 278 g/mol. The lowest BCUT2D eigenvalue weighted by Crippen LogP contribution is -2.28. The summed E-state index contributed by atoms with van der Waals surface area (Å²) in [5.74, 6) is -2.31. The van der Waals surface area contributed by atoms with Crippen LogP contribution < -0.4 is 5.32 Å². The number of carbonyl (C=O) groups is 2. The largest absolute Gasteiger partial charge is 0.476 e. The summed E-state index contributed by atoms with van der Waals surface area (Å²) in [5, 5.41) is 18.2. The average molecular weight is 278 g/mol. The van der Waals surface area contributed by atoms with E-state index < -0.39 is 17.7 Å². The van der Waals surface area contributed by atoms with Crippen LogP contribution in [0.25, 0.3) is 0 Å². The number of amides is 1. The van der Waals surface area contributed by atoms with Crippen LogP contribution in [0.4, 0.5) is 4.39 Å². The Bertz CT molecular complexity index is 641. The van der Waals surface area contributed by atoms with Crippen molar-refractivity contribution in [1.82, 2.24) is 20.3 Å². The second-order valence-electron chi connectivity index (χ2n) is 3.91. The molecule has 0 aliphatic heterocycles. The summed E-state index contributed by atoms with van der Waals surface area (Å²) in [6.07, 6.45) is 1.25. The highest BCUT2D eigenvalue weighted by Gasteiger charge is 2.11. The zero-order valence-corrected chi connectivity index (χ0v) is 10.3. The van der Waals surface area contributed by atoms with E-state index in [4.69, 9.17) is 5.11 Å². The number of hydrogen-bond donors (Lipinski definition) is 2. The maximum absolute atomic E-state index is 13.3. The molecule has 0 radical (unpaired) electrons. The molecule has 0 unspecified atom stereocenters. The lowest BCUT2D eigenvalue weighted by Gasteiger charge is -2.05. The fourth-order valence-electron chi connectivity index (χ4n) is 1.53. The van der Waals surface area contributed by atoms with Gasteiger partial charge in [-0.15, -0.1) is 5.10 Å². The molecule has 0 saturated carbocycles. The van der Waals surface area contributed by atoms with E-state index in [9.17, 15) is 14.0 Å². The van der Waals surface area contributed by atoms with Crippen molar-refractivity contribution in [2.75, 3.05) is 6.54 Å². The smallest absolute Gasteiger partial charge is 0.358 e. The SMILES string of the molecule is O=C(O)c1cn(CCNC(=O)c2ccccc2F)nn1. The van der Waals surface area contributed by atoms with Gasteiger partial charge in [-0.05, 0) is 12.1 Å². The minimum absolute atomic E-state index is 0.0442. The Balaban J connectivity index is 1.88. The lowest BCUT2D eigenvalue weighted by atomic mass is 10.2. The van der Waals surface area contributed by atoms with E-state index in [1.807, 2.05) is 0 Å². The van der Waals surface area contributed by atoms with Crippen LogP contribution >= 0.6 is 0 Å². The molecule has 0 saturated heterocycles. The highest BCUT2D eigenvalue weighted by Crippen LogP contribution is 2.05. The van der Waals surface area contributed by atoms with Gasteiger partial charge in [-0.1, -0.05) is 17.3 Å². The Kier molecular flexibility index (Phi) is 4.04. The Morgan fingerprint density at radius 3 is 2.75 bits per heavy atom. The second kappa shape index (κ2) is 5.91. The third-order valence-corrected chi connectivity index (χ3v) is 2.50. The number of halogens is 1. The van der Waals surface area contributed by atoms with E-state index in [0.29, 0.717) is 0 Å². The Hall–Kier alpha value is -2.77. The molecule has 0 bridgehead atoms. The molecule has 8 heteroatoms. The predicted octanol–water partition coefficient (Wildman–Crippen LogP) is 0.545. The van der Waals surface area contributed by atoms with Crippen LogP contribution in [0.1, 0.15) is 20.8 Å². The third-order valence-electron chi connectivity index (χ3n) is 2.50. The highest BCUT2D eigenvalue weighted by atomic mass is 19.1. The van der Waals surface area contributed by atoms with E-state index >= 15 is 0 Å². The fourth-order valence-corrected chi connectivity index (χ4v) is 1.53. The molecule has 7 nitrogen and oxygen atoms in total. The van der Waals surface area contributed by atoms with Crippen LogP contribution in [0.15, 0.2) is 30.5 Å². The van der Waals surface area contributed by atoms with E-state index in [1.165, 1.54) is 29.1 Å². The first-order valence-corrected chi connectivity index (χ1v) is 5.74. The molecule has 1 amide bonds. The number of carbonyl (C=O) groups excluding carboxylic acids is 1. The Morgan fingerprint density at radius 1 is 1.35 bits per heavy atom. The van der Waals surface area contributed by atoms with Crippen LogP contribution in [0.3, 0.4) is 0 Å². The molecule has 0 spiro atoms. The van der Waals surface area contributed by atoms with Crippen molar-refractivity contribution >= 4 is 11.9 Å². The van der Waals surface area contributed by atoms with Crippen molar-refractivity contribution in [2.24, 2.45) is 0 Å². The number of hydrogen-bond acceptors (Lipinski definition) is 4. The van der Waals surface area contributed by atoms with Gasteiger partial charge in [-0.3, -0.25) is 4.79 Å².